The van der Waals surface area contributed by atoms with Crippen molar-refractivity contribution in [1.82, 2.24) is 14.6 Å². The number of aromatic nitrogens is 3. The fourth-order valence-electron chi connectivity index (χ4n) is 2.63. The molecule has 0 atom stereocenters. The minimum atomic E-state index is 0.530. The summed E-state index contributed by atoms with van der Waals surface area (Å²) in [6.07, 6.45) is 3.52. The molecule has 24 heavy (non-hydrogen) atoms. The second kappa shape index (κ2) is 5.82. The Morgan fingerprint density at radius 1 is 0.750 bits per heavy atom. The Kier molecular flexibility index (Phi) is 3.63. The van der Waals surface area contributed by atoms with Gasteiger partial charge in [0, 0.05) is 27.4 Å². The van der Waals surface area contributed by atoms with Crippen molar-refractivity contribution in [3.63, 3.8) is 0 Å². The highest BCUT2D eigenvalue weighted by molar-refractivity contribution is 6.30. The van der Waals surface area contributed by atoms with E-state index in [0.29, 0.717) is 21.5 Å². The van der Waals surface area contributed by atoms with Gasteiger partial charge in [0.05, 0.1) is 6.20 Å². The van der Waals surface area contributed by atoms with Crippen LogP contribution in [-0.4, -0.2) is 14.6 Å². The highest BCUT2D eigenvalue weighted by atomic mass is 35.5. The highest BCUT2D eigenvalue weighted by Gasteiger charge is 2.13. The first kappa shape index (κ1) is 15.0. The van der Waals surface area contributed by atoms with E-state index in [0.717, 1.165) is 22.3 Å². The number of benzene rings is 2. The Bertz CT molecular complexity index is 1020. The zero-order valence-corrected chi connectivity index (χ0v) is 14.0. The van der Waals surface area contributed by atoms with Gasteiger partial charge in [-0.25, -0.2) is 4.98 Å². The van der Waals surface area contributed by atoms with E-state index in [4.69, 9.17) is 28.9 Å². The summed E-state index contributed by atoms with van der Waals surface area (Å²) >= 11 is 11.9. The van der Waals surface area contributed by atoms with Gasteiger partial charge in [0.15, 0.2) is 5.65 Å². The molecule has 0 saturated heterocycles. The molecular weight excluding hydrogens is 343 g/mol. The molecule has 0 amide bonds. The molecule has 4 nitrogen and oxygen atoms in total. The van der Waals surface area contributed by atoms with Crippen molar-refractivity contribution in [2.75, 3.05) is 5.73 Å². The standard InChI is InChI=1S/C18H12Cl2N4/c19-13-5-1-11(2-6-13)15-9-22-18-16(10-23-24(18)17(15)21)12-3-7-14(20)8-4-12/h1-10H,21H2. The van der Waals surface area contributed by atoms with Crippen molar-refractivity contribution in [2.45, 2.75) is 0 Å². The quantitative estimate of drug-likeness (QED) is 0.553. The molecule has 2 heterocycles. The van der Waals surface area contributed by atoms with Crippen LogP contribution in [0, 0.1) is 0 Å². The van der Waals surface area contributed by atoms with Gasteiger partial charge >= 0.3 is 0 Å². The van der Waals surface area contributed by atoms with Crippen molar-refractivity contribution < 1.29 is 0 Å². The maximum absolute atomic E-state index is 6.31. The lowest BCUT2D eigenvalue weighted by molar-refractivity contribution is 0.954. The molecule has 0 aliphatic heterocycles. The Labute approximate surface area is 148 Å². The van der Waals surface area contributed by atoms with Crippen LogP contribution in [0.15, 0.2) is 60.9 Å². The zero-order chi connectivity index (χ0) is 16.7. The average Bonchev–Trinajstić information content (AvgIpc) is 3.02. The summed E-state index contributed by atoms with van der Waals surface area (Å²) in [7, 11) is 0. The first-order valence-corrected chi connectivity index (χ1v) is 8.03. The minimum Gasteiger partial charge on any atom is -0.383 e. The van der Waals surface area contributed by atoms with Crippen molar-refractivity contribution in [3.05, 3.63) is 71.0 Å². The molecule has 4 aromatic rings. The van der Waals surface area contributed by atoms with Gasteiger partial charge in [-0.3, -0.25) is 0 Å². The number of hydrogen-bond donors (Lipinski definition) is 1. The molecule has 2 aromatic carbocycles. The topological polar surface area (TPSA) is 56.2 Å². The molecule has 0 fully saturated rings. The molecule has 2 N–H and O–H groups in total. The predicted octanol–water partition coefficient (Wildman–Crippen LogP) is 4.95. The Balaban J connectivity index is 1.86. The van der Waals surface area contributed by atoms with Crippen LogP contribution in [0.3, 0.4) is 0 Å². The molecule has 0 aliphatic rings. The highest BCUT2D eigenvalue weighted by Crippen LogP contribution is 2.30. The Morgan fingerprint density at radius 2 is 1.29 bits per heavy atom. The van der Waals surface area contributed by atoms with Crippen LogP contribution in [0.4, 0.5) is 5.82 Å². The van der Waals surface area contributed by atoms with Crippen LogP contribution in [0.2, 0.25) is 10.0 Å². The number of hydrogen-bond acceptors (Lipinski definition) is 3. The summed E-state index contributed by atoms with van der Waals surface area (Å²) in [6.45, 7) is 0. The molecule has 0 spiro atoms. The van der Waals surface area contributed by atoms with Crippen molar-refractivity contribution >= 4 is 34.7 Å². The van der Waals surface area contributed by atoms with E-state index in [2.05, 4.69) is 10.1 Å². The minimum absolute atomic E-state index is 0.530. The molecule has 118 valence electrons. The van der Waals surface area contributed by atoms with Crippen molar-refractivity contribution in [2.24, 2.45) is 0 Å². The lowest BCUT2D eigenvalue weighted by Gasteiger charge is -2.08. The van der Waals surface area contributed by atoms with Crippen LogP contribution < -0.4 is 5.73 Å². The van der Waals surface area contributed by atoms with Gasteiger partial charge in [0.1, 0.15) is 5.82 Å². The maximum atomic E-state index is 6.31. The first-order chi connectivity index (χ1) is 11.6. The van der Waals surface area contributed by atoms with Crippen LogP contribution in [0.25, 0.3) is 27.9 Å². The third kappa shape index (κ3) is 2.50. The van der Waals surface area contributed by atoms with Crippen LogP contribution in [0.5, 0.6) is 0 Å². The lowest BCUT2D eigenvalue weighted by atomic mass is 10.1. The normalized spacial score (nSPS) is 11.1. The fraction of sp³-hybridized carbons (Fsp3) is 0. The number of halogens is 2. The number of nitrogens with two attached hydrogens (primary N) is 1. The van der Waals surface area contributed by atoms with E-state index in [-0.39, 0.29) is 0 Å². The number of nitrogens with zero attached hydrogens (tertiary/aromatic N) is 3. The largest absolute Gasteiger partial charge is 0.383 e. The van der Waals surface area contributed by atoms with Crippen LogP contribution >= 0.6 is 23.2 Å². The molecule has 6 heteroatoms. The van der Waals surface area contributed by atoms with Gasteiger partial charge < -0.3 is 5.73 Å². The van der Waals surface area contributed by atoms with Crippen LogP contribution in [-0.2, 0) is 0 Å². The molecule has 0 aliphatic carbocycles. The summed E-state index contributed by atoms with van der Waals surface area (Å²) in [5, 5.41) is 5.75. The van der Waals surface area contributed by atoms with E-state index in [1.165, 1.54) is 0 Å². The number of nitrogen functional groups attached to an aromatic ring is 1. The van der Waals surface area contributed by atoms with E-state index < -0.39 is 0 Å². The van der Waals surface area contributed by atoms with Crippen molar-refractivity contribution in [1.29, 1.82) is 0 Å². The second-order valence-corrected chi connectivity index (χ2v) is 6.24. The van der Waals surface area contributed by atoms with Gasteiger partial charge in [0.2, 0.25) is 0 Å². The van der Waals surface area contributed by atoms with Gasteiger partial charge in [-0.05, 0) is 35.4 Å². The van der Waals surface area contributed by atoms with E-state index >= 15 is 0 Å². The van der Waals surface area contributed by atoms with Crippen LogP contribution in [0.1, 0.15) is 0 Å². The van der Waals surface area contributed by atoms with E-state index in [1.54, 1.807) is 16.9 Å². The summed E-state index contributed by atoms with van der Waals surface area (Å²) in [5.74, 6) is 0.530. The van der Waals surface area contributed by atoms with Gasteiger partial charge in [-0.15, -0.1) is 0 Å². The monoisotopic (exact) mass is 354 g/mol. The second-order valence-electron chi connectivity index (χ2n) is 5.36. The molecule has 2 aromatic heterocycles. The fourth-order valence-corrected chi connectivity index (χ4v) is 2.89. The summed E-state index contributed by atoms with van der Waals surface area (Å²) < 4.78 is 1.65. The predicted molar refractivity (Wildman–Crippen MR) is 98.3 cm³/mol. The number of anilines is 1. The molecular formula is C18H12Cl2N4. The summed E-state index contributed by atoms with van der Waals surface area (Å²) in [5.41, 5.74) is 10.7. The number of fused-ring (bicyclic) bond motifs is 1. The summed E-state index contributed by atoms with van der Waals surface area (Å²) in [6, 6.07) is 15.0. The lowest BCUT2D eigenvalue weighted by Crippen LogP contribution is -2.02. The van der Waals surface area contributed by atoms with Gasteiger partial charge in [-0.2, -0.15) is 9.61 Å². The SMILES string of the molecule is Nc1c(-c2ccc(Cl)cc2)cnc2c(-c3ccc(Cl)cc3)cnn12. The Hall–Kier alpha value is -2.56. The molecule has 0 bridgehead atoms. The van der Waals surface area contributed by atoms with Gasteiger partial charge in [-0.1, -0.05) is 47.5 Å². The van der Waals surface area contributed by atoms with E-state index in [9.17, 15) is 0 Å². The average molecular weight is 355 g/mol. The van der Waals surface area contributed by atoms with Crippen molar-refractivity contribution in [3.8, 4) is 22.3 Å². The van der Waals surface area contributed by atoms with E-state index in [1.807, 2.05) is 48.5 Å². The third-order valence-electron chi connectivity index (χ3n) is 3.87. The van der Waals surface area contributed by atoms with Gasteiger partial charge in [0.25, 0.3) is 0 Å². The first-order valence-electron chi connectivity index (χ1n) is 7.27. The third-order valence-corrected chi connectivity index (χ3v) is 4.38. The molecule has 0 radical (unpaired) electrons. The molecule has 0 unspecified atom stereocenters. The summed E-state index contributed by atoms with van der Waals surface area (Å²) in [4.78, 5) is 4.55. The number of rotatable bonds is 2. The smallest absolute Gasteiger partial charge is 0.165 e. The molecule has 4 rings (SSSR count). The zero-order valence-electron chi connectivity index (χ0n) is 12.4. The Morgan fingerprint density at radius 3 is 1.88 bits per heavy atom. The molecule has 0 saturated carbocycles. The maximum Gasteiger partial charge on any atom is 0.165 e.